The molecule has 21 heavy (non-hydrogen) atoms. The van der Waals surface area contributed by atoms with Crippen molar-refractivity contribution in [3.8, 4) is 11.5 Å². The number of carbonyl (C=O) groups is 1. The van der Waals surface area contributed by atoms with Gasteiger partial charge in [0.25, 0.3) is 5.91 Å². The van der Waals surface area contributed by atoms with E-state index in [0.29, 0.717) is 18.0 Å². The Labute approximate surface area is 127 Å². The van der Waals surface area contributed by atoms with Gasteiger partial charge in [0.15, 0.2) is 18.1 Å². The van der Waals surface area contributed by atoms with Crippen molar-refractivity contribution in [2.24, 2.45) is 5.41 Å². The molecule has 118 valence electrons. The molecule has 0 saturated carbocycles. The molecule has 0 aliphatic carbocycles. The van der Waals surface area contributed by atoms with Crippen LogP contribution in [-0.2, 0) is 4.79 Å². The highest BCUT2D eigenvalue weighted by Crippen LogP contribution is 2.25. The number of ether oxygens (including phenoxy) is 2. The fraction of sp³-hybridized carbons (Fsp3) is 0.562. The first-order chi connectivity index (χ1) is 9.84. The van der Waals surface area contributed by atoms with E-state index < -0.39 is 0 Å². The van der Waals surface area contributed by atoms with E-state index in [9.17, 15) is 4.79 Å². The molecule has 0 aliphatic rings. The second kappa shape index (κ2) is 7.88. The van der Waals surface area contributed by atoms with Crippen molar-refractivity contribution in [2.45, 2.75) is 13.8 Å². The van der Waals surface area contributed by atoms with Crippen LogP contribution in [0, 0.1) is 5.41 Å². The highest BCUT2D eigenvalue weighted by Gasteiger charge is 2.19. The van der Waals surface area contributed by atoms with Gasteiger partial charge in [-0.05, 0) is 31.6 Å². The lowest BCUT2D eigenvalue weighted by Crippen LogP contribution is -2.41. The molecule has 1 amide bonds. The molecule has 0 aliphatic heterocycles. The second-order valence-corrected chi connectivity index (χ2v) is 6.12. The Kier molecular flexibility index (Phi) is 6.49. The van der Waals surface area contributed by atoms with E-state index in [-0.39, 0.29) is 17.9 Å². The van der Waals surface area contributed by atoms with E-state index in [1.807, 2.05) is 26.2 Å². The number of hydrogen-bond donors (Lipinski definition) is 1. The Morgan fingerprint density at radius 1 is 1.24 bits per heavy atom. The van der Waals surface area contributed by atoms with Crippen molar-refractivity contribution in [3.05, 3.63) is 24.3 Å². The van der Waals surface area contributed by atoms with Crippen molar-refractivity contribution in [1.29, 1.82) is 0 Å². The highest BCUT2D eigenvalue weighted by molar-refractivity contribution is 5.77. The largest absolute Gasteiger partial charge is 0.493 e. The third kappa shape index (κ3) is 6.49. The molecule has 1 N–H and O–H groups in total. The van der Waals surface area contributed by atoms with Gasteiger partial charge in [0.2, 0.25) is 0 Å². The number of carbonyl (C=O) groups excluding carboxylic acids is 1. The summed E-state index contributed by atoms with van der Waals surface area (Å²) >= 11 is 0. The van der Waals surface area contributed by atoms with Crippen LogP contribution in [0.4, 0.5) is 0 Å². The molecule has 0 saturated heterocycles. The SMILES string of the molecule is COc1ccccc1OCC(=O)NCC(C)(C)CN(C)C. The van der Waals surface area contributed by atoms with Crippen LogP contribution >= 0.6 is 0 Å². The van der Waals surface area contributed by atoms with Crippen molar-refractivity contribution < 1.29 is 14.3 Å². The van der Waals surface area contributed by atoms with Crippen LogP contribution in [0.5, 0.6) is 11.5 Å². The number of nitrogens with one attached hydrogen (secondary N) is 1. The maximum atomic E-state index is 11.9. The molecule has 0 bridgehead atoms. The number of para-hydroxylation sites is 2. The van der Waals surface area contributed by atoms with Crippen LogP contribution in [0.3, 0.4) is 0 Å². The highest BCUT2D eigenvalue weighted by atomic mass is 16.5. The van der Waals surface area contributed by atoms with Gasteiger partial charge in [-0.2, -0.15) is 0 Å². The van der Waals surface area contributed by atoms with Gasteiger partial charge in [-0.3, -0.25) is 4.79 Å². The average molecular weight is 294 g/mol. The number of methoxy groups -OCH3 is 1. The minimum atomic E-state index is -0.132. The minimum absolute atomic E-state index is 0.0155. The monoisotopic (exact) mass is 294 g/mol. The summed E-state index contributed by atoms with van der Waals surface area (Å²) in [5.41, 5.74) is 0.0175. The first kappa shape index (κ1) is 17.3. The van der Waals surface area contributed by atoms with Crippen molar-refractivity contribution in [1.82, 2.24) is 10.2 Å². The molecular weight excluding hydrogens is 268 g/mol. The summed E-state index contributed by atoms with van der Waals surface area (Å²) in [5, 5.41) is 2.90. The van der Waals surface area contributed by atoms with Gasteiger partial charge >= 0.3 is 0 Å². The zero-order valence-corrected chi connectivity index (χ0v) is 13.6. The van der Waals surface area contributed by atoms with Gasteiger partial charge < -0.3 is 19.7 Å². The van der Waals surface area contributed by atoms with E-state index in [0.717, 1.165) is 6.54 Å². The molecule has 5 heteroatoms. The molecule has 0 radical (unpaired) electrons. The van der Waals surface area contributed by atoms with E-state index in [2.05, 4.69) is 24.1 Å². The molecule has 1 aromatic carbocycles. The molecule has 1 rings (SSSR count). The molecule has 0 fully saturated rings. The predicted molar refractivity (Wildman–Crippen MR) is 83.8 cm³/mol. The molecule has 5 nitrogen and oxygen atoms in total. The van der Waals surface area contributed by atoms with Gasteiger partial charge in [0.1, 0.15) is 0 Å². The first-order valence-electron chi connectivity index (χ1n) is 7.01. The number of rotatable bonds is 8. The summed E-state index contributed by atoms with van der Waals surface area (Å²) in [4.78, 5) is 14.0. The van der Waals surface area contributed by atoms with E-state index in [1.54, 1.807) is 19.2 Å². The topological polar surface area (TPSA) is 50.8 Å². The van der Waals surface area contributed by atoms with Crippen molar-refractivity contribution >= 4 is 5.91 Å². The van der Waals surface area contributed by atoms with Gasteiger partial charge in [0.05, 0.1) is 7.11 Å². The Morgan fingerprint density at radius 2 is 1.86 bits per heavy atom. The standard InChI is InChI=1S/C16H26N2O3/c1-16(2,12-18(3)4)11-17-15(19)10-21-14-9-7-6-8-13(14)20-5/h6-9H,10-12H2,1-5H3,(H,17,19). The van der Waals surface area contributed by atoms with E-state index >= 15 is 0 Å². The second-order valence-electron chi connectivity index (χ2n) is 6.12. The molecule has 0 unspecified atom stereocenters. The van der Waals surface area contributed by atoms with Gasteiger partial charge in [-0.15, -0.1) is 0 Å². The van der Waals surface area contributed by atoms with E-state index in [1.165, 1.54) is 0 Å². The number of nitrogens with zero attached hydrogens (tertiary/aromatic N) is 1. The lowest BCUT2D eigenvalue weighted by molar-refractivity contribution is -0.123. The summed E-state index contributed by atoms with van der Waals surface area (Å²) < 4.78 is 10.7. The van der Waals surface area contributed by atoms with Crippen LogP contribution in [0.15, 0.2) is 24.3 Å². The number of hydrogen-bond acceptors (Lipinski definition) is 4. The lowest BCUT2D eigenvalue weighted by atomic mass is 9.93. The quantitative estimate of drug-likeness (QED) is 0.794. The van der Waals surface area contributed by atoms with E-state index in [4.69, 9.17) is 9.47 Å². The molecule has 0 atom stereocenters. The first-order valence-corrected chi connectivity index (χ1v) is 7.01. The summed E-state index contributed by atoms with van der Waals surface area (Å²) in [6, 6.07) is 7.28. The van der Waals surface area contributed by atoms with Crippen LogP contribution < -0.4 is 14.8 Å². The number of benzene rings is 1. The Hall–Kier alpha value is -1.75. The normalized spacial score (nSPS) is 11.3. The number of amides is 1. The smallest absolute Gasteiger partial charge is 0.257 e. The Morgan fingerprint density at radius 3 is 2.43 bits per heavy atom. The van der Waals surface area contributed by atoms with Gasteiger partial charge in [0, 0.05) is 13.1 Å². The van der Waals surface area contributed by atoms with Crippen LogP contribution in [0.1, 0.15) is 13.8 Å². The van der Waals surface area contributed by atoms with Crippen LogP contribution in [0.2, 0.25) is 0 Å². The summed E-state index contributed by atoms with van der Waals surface area (Å²) in [6.45, 7) is 5.74. The zero-order valence-electron chi connectivity index (χ0n) is 13.6. The fourth-order valence-electron chi connectivity index (χ4n) is 2.18. The van der Waals surface area contributed by atoms with Crippen LogP contribution in [0.25, 0.3) is 0 Å². The minimum Gasteiger partial charge on any atom is -0.493 e. The van der Waals surface area contributed by atoms with Gasteiger partial charge in [-0.1, -0.05) is 26.0 Å². The fourth-order valence-corrected chi connectivity index (χ4v) is 2.18. The molecule has 0 aromatic heterocycles. The Bertz CT molecular complexity index is 459. The maximum Gasteiger partial charge on any atom is 0.257 e. The van der Waals surface area contributed by atoms with Gasteiger partial charge in [-0.25, -0.2) is 0 Å². The summed E-state index contributed by atoms with van der Waals surface area (Å²) in [6.07, 6.45) is 0. The van der Waals surface area contributed by atoms with Crippen LogP contribution in [-0.4, -0.2) is 51.7 Å². The molecule has 1 aromatic rings. The summed E-state index contributed by atoms with van der Waals surface area (Å²) in [5.74, 6) is 1.06. The molecule has 0 heterocycles. The van der Waals surface area contributed by atoms with Crippen molar-refractivity contribution in [2.75, 3.05) is 40.9 Å². The Balaban J connectivity index is 2.41. The average Bonchev–Trinajstić information content (AvgIpc) is 2.42. The summed E-state index contributed by atoms with van der Waals surface area (Å²) in [7, 11) is 5.62. The third-order valence-corrected chi connectivity index (χ3v) is 2.94. The predicted octanol–water partition coefficient (Wildman–Crippen LogP) is 1.78. The third-order valence-electron chi connectivity index (χ3n) is 2.94. The molecular formula is C16H26N2O3. The lowest BCUT2D eigenvalue weighted by Gasteiger charge is -2.28. The maximum absolute atomic E-state index is 11.9. The zero-order chi connectivity index (χ0) is 15.9. The van der Waals surface area contributed by atoms with Crippen molar-refractivity contribution in [3.63, 3.8) is 0 Å². The molecule has 0 spiro atoms.